The van der Waals surface area contributed by atoms with Gasteiger partial charge in [0.15, 0.2) is 0 Å². The zero-order valence-electron chi connectivity index (χ0n) is 11.7. The topological polar surface area (TPSA) is 84.2 Å². The summed E-state index contributed by atoms with van der Waals surface area (Å²) in [6, 6.07) is 14.2. The van der Waals surface area contributed by atoms with Crippen LogP contribution in [0.3, 0.4) is 0 Å². The van der Waals surface area contributed by atoms with Crippen LogP contribution in [0.4, 0.5) is 11.4 Å². The van der Waals surface area contributed by atoms with E-state index in [1.54, 1.807) is 36.4 Å². The summed E-state index contributed by atoms with van der Waals surface area (Å²) >= 11 is 0. The largest absolute Gasteiger partial charge is 0.326 e. The van der Waals surface area contributed by atoms with E-state index in [9.17, 15) is 9.59 Å². The molecular formula is C16H17N3O2. The van der Waals surface area contributed by atoms with Crippen LogP contribution in [0.2, 0.25) is 0 Å². The molecule has 0 bridgehead atoms. The van der Waals surface area contributed by atoms with Gasteiger partial charge in [0.2, 0.25) is 5.91 Å². The number of rotatable bonds is 4. The zero-order chi connectivity index (χ0) is 15.2. The van der Waals surface area contributed by atoms with Crippen LogP contribution in [0.15, 0.2) is 48.5 Å². The Morgan fingerprint density at radius 1 is 1.00 bits per heavy atom. The Labute approximate surface area is 123 Å². The first kappa shape index (κ1) is 14.7. The fraction of sp³-hybridized carbons (Fsp3) is 0.125. The van der Waals surface area contributed by atoms with Gasteiger partial charge in [-0.15, -0.1) is 0 Å². The van der Waals surface area contributed by atoms with E-state index in [4.69, 9.17) is 5.73 Å². The molecule has 5 nitrogen and oxygen atoms in total. The lowest BCUT2D eigenvalue weighted by molar-refractivity contribution is -0.114. The van der Waals surface area contributed by atoms with Crippen LogP contribution in [0.1, 0.15) is 22.8 Å². The van der Waals surface area contributed by atoms with Crippen molar-refractivity contribution in [2.45, 2.75) is 13.5 Å². The minimum absolute atomic E-state index is 0.160. The number of hydrogen-bond donors (Lipinski definition) is 3. The molecule has 0 heterocycles. The van der Waals surface area contributed by atoms with E-state index in [2.05, 4.69) is 10.6 Å². The molecule has 0 atom stereocenters. The first-order valence-electron chi connectivity index (χ1n) is 6.57. The van der Waals surface area contributed by atoms with Crippen molar-refractivity contribution in [2.75, 3.05) is 10.6 Å². The summed E-state index contributed by atoms with van der Waals surface area (Å²) in [7, 11) is 0. The first-order valence-corrected chi connectivity index (χ1v) is 6.57. The molecule has 0 aromatic heterocycles. The van der Waals surface area contributed by atoms with Crippen LogP contribution in [0.5, 0.6) is 0 Å². The zero-order valence-corrected chi connectivity index (χ0v) is 11.7. The molecule has 0 aliphatic carbocycles. The molecule has 2 rings (SSSR count). The van der Waals surface area contributed by atoms with E-state index in [-0.39, 0.29) is 11.8 Å². The Bertz CT molecular complexity index is 668. The van der Waals surface area contributed by atoms with Gasteiger partial charge in [-0.1, -0.05) is 24.3 Å². The van der Waals surface area contributed by atoms with Crippen molar-refractivity contribution >= 4 is 23.2 Å². The standard InChI is InChI=1S/C16H17N3O2/c1-11(20)18-13-6-4-7-14(9-13)19-16(21)15-8-3-2-5-12(15)10-17/h2-9H,10,17H2,1H3,(H,18,20)(H,19,21). The molecule has 0 unspecified atom stereocenters. The van der Waals surface area contributed by atoms with Crippen molar-refractivity contribution in [3.63, 3.8) is 0 Å². The van der Waals surface area contributed by atoms with Gasteiger partial charge in [-0.2, -0.15) is 0 Å². The summed E-state index contributed by atoms with van der Waals surface area (Å²) in [5, 5.41) is 5.47. The molecule has 4 N–H and O–H groups in total. The number of nitrogens with two attached hydrogens (primary N) is 1. The van der Waals surface area contributed by atoms with Crippen LogP contribution >= 0.6 is 0 Å². The van der Waals surface area contributed by atoms with Crippen molar-refractivity contribution in [2.24, 2.45) is 5.73 Å². The third kappa shape index (κ3) is 3.90. The smallest absolute Gasteiger partial charge is 0.255 e. The summed E-state index contributed by atoms with van der Waals surface area (Å²) < 4.78 is 0. The highest BCUT2D eigenvalue weighted by Crippen LogP contribution is 2.17. The van der Waals surface area contributed by atoms with Gasteiger partial charge in [-0.05, 0) is 29.8 Å². The van der Waals surface area contributed by atoms with Crippen LogP contribution in [0, 0.1) is 0 Å². The minimum Gasteiger partial charge on any atom is -0.326 e. The third-order valence-electron chi connectivity index (χ3n) is 2.92. The van der Waals surface area contributed by atoms with Crippen LogP contribution in [-0.4, -0.2) is 11.8 Å². The highest BCUT2D eigenvalue weighted by molar-refractivity contribution is 6.05. The van der Waals surface area contributed by atoms with E-state index < -0.39 is 0 Å². The minimum atomic E-state index is -0.226. The fourth-order valence-electron chi connectivity index (χ4n) is 2.00. The lowest BCUT2D eigenvalue weighted by atomic mass is 10.1. The van der Waals surface area contributed by atoms with Gasteiger partial charge in [0.1, 0.15) is 0 Å². The molecule has 0 saturated heterocycles. The highest BCUT2D eigenvalue weighted by atomic mass is 16.2. The number of carbonyl (C=O) groups excluding carboxylic acids is 2. The van der Waals surface area contributed by atoms with Crippen molar-refractivity contribution < 1.29 is 9.59 Å². The molecule has 2 amide bonds. The Balaban J connectivity index is 2.17. The number of carbonyl (C=O) groups is 2. The van der Waals surface area contributed by atoms with E-state index in [1.165, 1.54) is 6.92 Å². The second-order valence-electron chi connectivity index (χ2n) is 4.58. The number of anilines is 2. The number of amides is 2. The first-order chi connectivity index (χ1) is 10.1. The van der Waals surface area contributed by atoms with Gasteiger partial charge >= 0.3 is 0 Å². The molecule has 0 saturated carbocycles. The van der Waals surface area contributed by atoms with Gasteiger partial charge in [-0.3, -0.25) is 9.59 Å². The summed E-state index contributed by atoms with van der Waals surface area (Å²) in [6.07, 6.45) is 0. The molecule has 5 heteroatoms. The molecule has 0 radical (unpaired) electrons. The summed E-state index contributed by atoms with van der Waals surface area (Å²) in [5.41, 5.74) is 8.21. The Morgan fingerprint density at radius 3 is 2.33 bits per heavy atom. The molecule has 0 fully saturated rings. The molecule has 0 aliphatic heterocycles. The van der Waals surface area contributed by atoms with Crippen LogP contribution in [0.25, 0.3) is 0 Å². The summed E-state index contributed by atoms with van der Waals surface area (Å²) in [4.78, 5) is 23.3. The third-order valence-corrected chi connectivity index (χ3v) is 2.92. The molecule has 0 spiro atoms. The predicted molar refractivity (Wildman–Crippen MR) is 83.0 cm³/mol. The second kappa shape index (κ2) is 6.67. The highest BCUT2D eigenvalue weighted by Gasteiger charge is 2.10. The molecular weight excluding hydrogens is 266 g/mol. The molecule has 108 valence electrons. The van der Waals surface area contributed by atoms with Crippen LogP contribution < -0.4 is 16.4 Å². The van der Waals surface area contributed by atoms with Crippen molar-refractivity contribution in [1.29, 1.82) is 0 Å². The summed E-state index contributed by atoms with van der Waals surface area (Å²) in [5.74, 6) is -0.386. The Kier molecular flexibility index (Phi) is 4.68. The Morgan fingerprint density at radius 2 is 1.67 bits per heavy atom. The molecule has 21 heavy (non-hydrogen) atoms. The van der Waals surface area contributed by atoms with Crippen molar-refractivity contribution in [1.82, 2.24) is 0 Å². The van der Waals surface area contributed by atoms with E-state index in [0.29, 0.717) is 23.5 Å². The predicted octanol–water partition coefficient (Wildman–Crippen LogP) is 2.36. The van der Waals surface area contributed by atoms with E-state index in [0.717, 1.165) is 5.56 Å². The Hall–Kier alpha value is -2.66. The number of benzene rings is 2. The fourth-order valence-corrected chi connectivity index (χ4v) is 2.00. The molecule has 0 aliphatic rings. The van der Waals surface area contributed by atoms with Crippen molar-refractivity contribution in [3.8, 4) is 0 Å². The van der Waals surface area contributed by atoms with Crippen LogP contribution in [-0.2, 0) is 11.3 Å². The average Bonchev–Trinajstić information content (AvgIpc) is 2.46. The molecule has 2 aromatic rings. The average molecular weight is 283 g/mol. The monoisotopic (exact) mass is 283 g/mol. The van der Waals surface area contributed by atoms with Gasteiger partial charge in [-0.25, -0.2) is 0 Å². The number of hydrogen-bond acceptors (Lipinski definition) is 3. The van der Waals surface area contributed by atoms with Gasteiger partial charge in [0.25, 0.3) is 5.91 Å². The normalized spacial score (nSPS) is 10.0. The maximum atomic E-state index is 12.3. The van der Waals surface area contributed by atoms with Gasteiger partial charge < -0.3 is 16.4 Å². The maximum absolute atomic E-state index is 12.3. The van der Waals surface area contributed by atoms with Crippen molar-refractivity contribution in [3.05, 3.63) is 59.7 Å². The SMILES string of the molecule is CC(=O)Nc1cccc(NC(=O)c2ccccc2CN)c1. The van der Waals surface area contributed by atoms with Gasteiger partial charge in [0, 0.05) is 30.4 Å². The lowest BCUT2D eigenvalue weighted by Gasteiger charge is -2.10. The second-order valence-corrected chi connectivity index (χ2v) is 4.58. The maximum Gasteiger partial charge on any atom is 0.255 e. The van der Waals surface area contributed by atoms with Gasteiger partial charge in [0.05, 0.1) is 0 Å². The quantitative estimate of drug-likeness (QED) is 0.805. The lowest BCUT2D eigenvalue weighted by Crippen LogP contribution is -2.16. The summed E-state index contributed by atoms with van der Waals surface area (Å²) in [6.45, 7) is 1.73. The molecule has 2 aromatic carbocycles. The van der Waals surface area contributed by atoms with E-state index >= 15 is 0 Å². The van der Waals surface area contributed by atoms with E-state index in [1.807, 2.05) is 12.1 Å². The number of nitrogens with one attached hydrogen (secondary N) is 2.